The number of ether oxygens (including phenoxy) is 2. The molecule has 0 aromatic heterocycles. The fraction of sp³-hybridized carbons (Fsp3) is 0.250. The highest BCUT2D eigenvalue weighted by Gasteiger charge is 2.29. The average molecular weight is 302 g/mol. The Hall–Kier alpha value is -2.44. The summed E-state index contributed by atoms with van der Waals surface area (Å²) < 4.78 is 10.7. The standard InChI is InChI=1S/C16H18N2O4/c1-21-16(22-2)10-8-13(9-11-16)15(18-20)14(17-19)12-6-4-3-5-7-12/h3-10,19-20H,11H2,1-2H3. The van der Waals surface area contributed by atoms with Crippen LogP contribution in [0, 0.1) is 0 Å². The van der Waals surface area contributed by atoms with Crippen LogP contribution in [0.15, 0.2) is 64.4 Å². The summed E-state index contributed by atoms with van der Waals surface area (Å²) in [6, 6.07) is 8.99. The number of nitrogens with zero attached hydrogens (tertiary/aromatic N) is 2. The van der Waals surface area contributed by atoms with Gasteiger partial charge in [-0.2, -0.15) is 0 Å². The molecular weight excluding hydrogens is 284 g/mol. The van der Waals surface area contributed by atoms with Gasteiger partial charge < -0.3 is 19.9 Å². The third kappa shape index (κ3) is 3.08. The minimum absolute atomic E-state index is 0.172. The van der Waals surface area contributed by atoms with Crippen LogP contribution in [0.25, 0.3) is 0 Å². The number of allylic oxidation sites excluding steroid dienone is 2. The SMILES string of the molecule is COC1(OC)C=CC(C(=NO)C(=NO)c2ccccc2)=CC1. The Morgan fingerprint density at radius 1 is 1.05 bits per heavy atom. The number of hydrogen-bond acceptors (Lipinski definition) is 6. The molecule has 0 bridgehead atoms. The molecule has 0 spiro atoms. The summed E-state index contributed by atoms with van der Waals surface area (Å²) in [5.41, 5.74) is 1.61. The minimum Gasteiger partial charge on any atom is -0.410 e. The summed E-state index contributed by atoms with van der Waals surface area (Å²) in [5.74, 6) is -0.826. The molecule has 2 rings (SSSR count). The maximum atomic E-state index is 9.34. The molecule has 0 saturated heterocycles. The Bertz CT molecular complexity index is 629. The second-order valence-electron chi connectivity index (χ2n) is 4.68. The van der Waals surface area contributed by atoms with Crippen LogP contribution in [0.2, 0.25) is 0 Å². The minimum atomic E-state index is -0.826. The highest BCUT2D eigenvalue weighted by Crippen LogP contribution is 2.26. The summed E-state index contributed by atoms with van der Waals surface area (Å²) in [6.45, 7) is 0. The third-order valence-electron chi connectivity index (χ3n) is 3.56. The van der Waals surface area contributed by atoms with Crippen molar-refractivity contribution in [1.82, 2.24) is 0 Å². The van der Waals surface area contributed by atoms with E-state index in [9.17, 15) is 10.4 Å². The van der Waals surface area contributed by atoms with E-state index in [-0.39, 0.29) is 11.4 Å². The Balaban J connectivity index is 2.31. The highest BCUT2D eigenvalue weighted by molar-refractivity contribution is 6.53. The van der Waals surface area contributed by atoms with Gasteiger partial charge in [0.15, 0.2) is 5.79 Å². The normalized spacial score (nSPS) is 18.2. The van der Waals surface area contributed by atoms with Crippen molar-refractivity contribution in [2.45, 2.75) is 12.2 Å². The van der Waals surface area contributed by atoms with E-state index in [4.69, 9.17) is 9.47 Å². The molecule has 1 aliphatic rings. The Morgan fingerprint density at radius 2 is 1.68 bits per heavy atom. The largest absolute Gasteiger partial charge is 0.410 e. The molecule has 22 heavy (non-hydrogen) atoms. The van der Waals surface area contributed by atoms with Gasteiger partial charge in [0.25, 0.3) is 0 Å². The van der Waals surface area contributed by atoms with E-state index in [1.165, 1.54) is 0 Å². The van der Waals surface area contributed by atoms with Gasteiger partial charge in [0.2, 0.25) is 0 Å². The number of rotatable bonds is 5. The molecule has 0 fully saturated rings. The third-order valence-corrected chi connectivity index (χ3v) is 3.56. The molecular formula is C16H18N2O4. The van der Waals surface area contributed by atoms with E-state index in [2.05, 4.69) is 10.3 Å². The monoisotopic (exact) mass is 302 g/mol. The first-order valence-electron chi connectivity index (χ1n) is 6.69. The summed E-state index contributed by atoms with van der Waals surface area (Å²) in [6.07, 6.45) is 5.68. The summed E-state index contributed by atoms with van der Waals surface area (Å²) in [5, 5.41) is 25.2. The van der Waals surface area contributed by atoms with Gasteiger partial charge in [-0.3, -0.25) is 0 Å². The topological polar surface area (TPSA) is 83.6 Å². The van der Waals surface area contributed by atoms with Crippen molar-refractivity contribution in [3.05, 3.63) is 59.7 Å². The zero-order valence-electron chi connectivity index (χ0n) is 12.4. The predicted molar refractivity (Wildman–Crippen MR) is 82.6 cm³/mol. The molecule has 0 radical (unpaired) electrons. The lowest BCUT2D eigenvalue weighted by atomic mass is 9.94. The van der Waals surface area contributed by atoms with Gasteiger partial charge in [-0.15, -0.1) is 0 Å². The molecule has 0 heterocycles. The van der Waals surface area contributed by atoms with Crippen LogP contribution < -0.4 is 0 Å². The smallest absolute Gasteiger partial charge is 0.190 e. The van der Waals surface area contributed by atoms with Crippen LogP contribution in [-0.4, -0.2) is 41.8 Å². The number of methoxy groups -OCH3 is 2. The van der Waals surface area contributed by atoms with Crippen molar-refractivity contribution in [3.63, 3.8) is 0 Å². The van der Waals surface area contributed by atoms with E-state index in [0.717, 1.165) is 0 Å². The lowest BCUT2D eigenvalue weighted by Gasteiger charge is -2.29. The quantitative estimate of drug-likeness (QED) is 0.379. The van der Waals surface area contributed by atoms with Gasteiger partial charge in [0.05, 0.1) is 0 Å². The lowest BCUT2D eigenvalue weighted by Crippen LogP contribution is -2.33. The van der Waals surface area contributed by atoms with E-state index in [0.29, 0.717) is 17.6 Å². The molecule has 0 saturated carbocycles. The van der Waals surface area contributed by atoms with Gasteiger partial charge in [0.1, 0.15) is 11.4 Å². The van der Waals surface area contributed by atoms with Gasteiger partial charge in [0, 0.05) is 31.8 Å². The summed E-state index contributed by atoms with van der Waals surface area (Å²) >= 11 is 0. The van der Waals surface area contributed by atoms with Gasteiger partial charge in [-0.25, -0.2) is 0 Å². The summed E-state index contributed by atoms with van der Waals surface area (Å²) in [7, 11) is 3.11. The van der Waals surface area contributed by atoms with Crippen LogP contribution in [0.1, 0.15) is 12.0 Å². The Kier molecular flexibility index (Phi) is 5.08. The maximum absolute atomic E-state index is 9.34. The second-order valence-corrected chi connectivity index (χ2v) is 4.68. The van der Waals surface area contributed by atoms with Crippen molar-refractivity contribution in [2.75, 3.05) is 14.2 Å². The first kappa shape index (κ1) is 15.9. The summed E-state index contributed by atoms with van der Waals surface area (Å²) in [4.78, 5) is 0. The van der Waals surface area contributed by atoms with Crippen molar-refractivity contribution in [3.8, 4) is 0 Å². The molecule has 1 aromatic rings. The van der Waals surface area contributed by atoms with Crippen LogP contribution in [0.3, 0.4) is 0 Å². The maximum Gasteiger partial charge on any atom is 0.190 e. The molecule has 1 aliphatic carbocycles. The van der Waals surface area contributed by atoms with E-state index >= 15 is 0 Å². The van der Waals surface area contributed by atoms with Crippen LogP contribution in [-0.2, 0) is 9.47 Å². The molecule has 6 nitrogen and oxygen atoms in total. The van der Waals surface area contributed by atoms with Crippen molar-refractivity contribution < 1.29 is 19.9 Å². The molecule has 0 atom stereocenters. The molecule has 2 N–H and O–H groups in total. The average Bonchev–Trinajstić information content (AvgIpc) is 2.60. The first-order valence-corrected chi connectivity index (χ1v) is 6.69. The Morgan fingerprint density at radius 3 is 2.14 bits per heavy atom. The van der Waals surface area contributed by atoms with Crippen LogP contribution in [0.4, 0.5) is 0 Å². The van der Waals surface area contributed by atoms with Crippen molar-refractivity contribution in [1.29, 1.82) is 0 Å². The number of hydrogen-bond donors (Lipinski definition) is 2. The highest BCUT2D eigenvalue weighted by atomic mass is 16.7. The zero-order chi connectivity index (χ0) is 16.0. The fourth-order valence-electron chi connectivity index (χ4n) is 2.25. The molecule has 0 amide bonds. The van der Waals surface area contributed by atoms with Crippen molar-refractivity contribution >= 4 is 11.4 Å². The van der Waals surface area contributed by atoms with E-state index < -0.39 is 5.79 Å². The fourth-order valence-corrected chi connectivity index (χ4v) is 2.25. The number of oxime groups is 2. The lowest BCUT2D eigenvalue weighted by molar-refractivity contribution is -0.167. The van der Waals surface area contributed by atoms with Crippen molar-refractivity contribution in [2.24, 2.45) is 10.3 Å². The second kappa shape index (κ2) is 7.02. The Labute approximate surface area is 128 Å². The van der Waals surface area contributed by atoms with Crippen LogP contribution >= 0.6 is 0 Å². The zero-order valence-corrected chi connectivity index (χ0v) is 12.4. The van der Waals surface area contributed by atoms with Gasteiger partial charge in [-0.05, 0) is 6.08 Å². The van der Waals surface area contributed by atoms with Crippen LogP contribution in [0.5, 0.6) is 0 Å². The molecule has 0 aliphatic heterocycles. The predicted octanol–water partition coefficient (Wildman–Crippen LogP) is 2.57. The first-order chi connectivity index (χ1) is 10.7. The molecule has 1 aromatic carbocycles. The van der Waals surface area contributed by atoms with E-state index in [1.807, 2.05) is 18.2 Å². The molecule has 116 valence electrons. The number of benzene rings is 1. The van der Waals surface area contributed by atoms with Gasteiger partial charge in [-0.1, -0.05) is 52.8 Å². The molecule has 0 unspecified atom stereocenters. The molecule has 6 heteroatoms. The van der Waals surface area contributed by atoms with Gasteiger partial charge >= 0.3 is 0 Å². The van der Waals surface area contributed by atoms with E-state index in [1.54, 1.807) is 44.6 Å².